The van der Waals surface area contributed by atoms with Gasteiger partial charge in [-0.3, -0.25) is 0 Å². The average Bonchev–Trinajstić information content (AvgIpc) is 3.22. The van der Waals surface area contributed by atoms with Crippen LogP contribution in [0.1, 0.15) is 11.4 Å². The van der Waals surface area contributed by atoms with Crippen molar-refractivity contribution < 1.29 is 4.74 Å². The Kier molecular flexibility index (Phi) is 5.36. The Morgan fingerprint density at radius 3 is 2.55 bits per heavy atom. The number of halogens is 1. The van der Waals surface area contributed by atoms with E-state index < -0.39 is 0 Å². The molecule has 2 heterocycles. The number of hydrogen-bond donors (Lipinski definition) is 1. The Balaban J connectivity index is 1.41. The van der Waals surface area contributed by atoms with E-state index in [2.05, 4.69) is 20.6 Å². The summed E-state index contributed by atoms with van der Waals surface area (Å²) in [6, 6.07) is 22.4. The maximum Gasteiger partial charge on any atom is 0.144 e. The van der Waals surface area contributed by atoms with Gasteiger partial charge < -0.3 is 10.1 Å². The number of nitrogens with one attached hydrogen (secondary N) is 1. The largest absolute Gasteiger partial charge is 0.457 e. The van der Waals surface area contributed by atoms with E-state index in [4.69, 9.17) is 21.6 Å². The van der Waals surface area contributed by atoms with Gasteiger partial charge in [0.05, 0.1) is 18.4 Å². The van der Waals surface area contributed by atoms with Gasteiger partial charge in [0.1, 0.15) is 34.1 Å². The highest BCUT2D eigenvalue weighted by molar-refractivity contribution is 6.29. The predicted octanol–water partition coefficient (Wildman–Crippen LogP) is 4.59. The summed E-state index contributed by atoms with van der Waals surface area (Å²) < 4.78 is 7.48. The standard InChI is InChI=1S/C21H15ClN6O/c22-21-11-15(10-16(12-23)25-21)24-13-17-14-28(27-26-17)18-6-8-20(9-7-18)29-19-4-2-1-3-5-19/h1-11,14H,13H2,(H,24,25). The molecule has 0 atom stereocenters. The monoisotopic (exact) mass is 402 g/mol. The smallest absolute Gasteiger partial charge is 0.144 e. The van der Waals surface area contributed by atoms with Crippen LogP contribution in [0.3, 0.4) is 0 Å². The maximum absolute atomic E-state index is 8.97. The number of nitriles is 1. The number of ether oxygens (including phenoxy) is 1. The molecule has 29 heavy (non-hydrogen) atoms. The molecule has 7 nitrogen and oxygen atoms in total. The molecular weight excluding hydrogens is 388 g/mol. The summed E-state index contributed by atoms with van der Waals surface area (Å²) in [5.74, 6) is 1.52. The van der Waals surface area contributed by atoms with Crippen molar-refractivity contribution in [1.29, 1.82) is 5.26 Å². The highest BCUT2D eigenvalue weighted by Crippen LogP contribution is 2.22. The molecule has 0 radical (unpaired) electrons. The number of anilines is 1. The number of para-hydroxylation sites is 1. The van der Waals surface area contributed by atoms with Crippen LogP contribution in [0.15, 0.2) is 72.9 Å². The van der Waals surface area contributed by atoms with E-state index in [-0.39, 0.29) is 10.8 Å². The van der Waals surface area contributed by atoms with E-state index >= 15 is 0 Å². The van der Waals surface area contributed by atoms with E-state index in [0.29, 0.717) is 12.2 Å². The fourth-order valence-corrected chi connectivity index (χ4v) is 2.85. The molecule has 0 saturated carbocycles. The van der Waals surface area contributed by atoms with Crippen LogP contribution in [0.4, 0.5) is 5.69 Å². The van der Waals surface area contributed by atoms with E-state index in [1.807, 2.05) is 66.9 Å². The van der Waals surface area contributed by atoms with Gasteiger partial charge in [-0.2, -0.15) is 5.26 Å². The van der Waals surface area contributed by atoms with Crippen molar-refractivity contribution >= 4 is 17.3 Å². The minimum absolute atomic E-state index is 0.251. The van der Waals surface area contributed by atoms with Gasteiger partial charge in [0.25, 0.3) is 0 Å². The molecule has 2 aromatic heterocycles. The third kappa shape index (κ3) is 4.69. The van der Waals surface area contributed by atoms with E-state index in [0.717, 1.165) is 22.9 Å². The lowest BCUT2D eigenvalue weighted by molar-refractivity contribution is 0.482. The van der Waals surface area contributed by atoms with E-state index in [1.54, 1.807) is 16.8 Å². The molecule has 0 unspecified atom stereocenters. The Bertz CT molecular complexity index is 1150. The topological polar surface area (TPSA) is 88.7 Å². The molecule has 0 fully saturated rings. The zero-order valence-electron chi connectivity index (χ0n) is 15.2. The summed E-state index contributed by atoms with van der Waals surface area (Å²) in [6.45, 7) is 0.431. The van der Waals surface area contributed by atoms with Crippen LogP contribution < -0.4 is 10.1 Å². The van der Waals surface area contributed by atoms with Crippen LogP contribution >= 0.6 is 11.6 Å². The lowest BCUT2D eigenvalue weighted by Crippen LogP contribution is -2.01. The summed E-state index contributed by atoms with van der Waals surface area (Å²) in [5, 5.41) is 20.7. The van der Waals surface area contributed by atoms with E-state index in [1.165, 1.54) is 0 Å². The fourth-order valence-electron chi connectivity index (χ4n) is 2.65. The highest BCUT2D eigenvalue weighted by atomic mass is 35.5. The number of rotatable bonds is 6. The van der Waals surface area contributed by atoms with Gasteiger partial charge in [0.2, 0.25) is 0 Å². The van der Waals surface area contributed by atoms with Crippen molar-refractivity contribution in [1.82, 2.24) is 20.0 Å². The quantitative estimate of drug-likeness (QED) is 0.474. The zero-order valence-corrected chi connectivity index (χ0v) is 15.9. The number of nitrogens with zero attached hydrogens (tertiary/aromatic N) is 5. The molecule has 1 N–H and O–H groups in total. The molecular formula is C21H15ClN6O. The van der Waals surface area contributed by atoms with Crippen LogP contribution in [-0.4, -0.2) is 20.0 Å². The summed E-state index contributed by atoms with van der Waals surface area (Å²) in [4.78, 5) is 3.91. The number of hydrogen-bond acceptors (Lipinski definition) is 6. The summed E-state index contributed by atoms with van der Waals surface area (Å²) in [6.07, 6.45) is 1.83. The van der Waals surface area contributed by atoms with Crippen molar-refractivity contribution in [2.24, 2.45) is 0 Å². The van der Waals surface area contributed by atoms with Crippen molar-refractivity contribution in [3.63, 3.8) is 0 Å². The second-order valence-corrected chi connectivity index (χ2v) is 6.48. The van der Waals surface area contributed by atoms with Gasteiger partial charge in [-0.25, -0.2) is 9.67 Å². The molecule has 4 rings (SSSR count). The maximum atomic E-state index is 8.97. The minimum atomic E-state index is 0.251. The Morgan fingerprint density at radius 2 is 1.79 bits per heavy atom. The number of aromatic nitrogens is 4. The van der Waals surface area contributed by atoms with Gasteiger partial charge in [0, 0.05) is 5.69 Å². The molecule has 0 saturated heterocycles. The molecule has 2 aromatic carbocycles. The molecule has 0 spiro atoms. The average molecular weight is 403 g/mol. The summed E-state index contributed by atoms with van der Waals surface area (Å²) in [7, 11) is 0. The summed E-state index contributed by atoms with van der Waals surface area (Å²) in [5.41, 5.74) is 2.55. The number of benzene rings is 2. The third-order valence-electron chi connectivity index (χ3n) is 4.00. The fraction of sp³-hybridized carbons (Fsp3) is 0.0476. The SMILES string of the molecule is N#Cc1cc(NCc2cn(-c3ccc(Oc4ccccc4)cc3)nn2)cc(Cl)n1. The number of pyridine rings is 1. The third-order valence-corrected chi connectivity index (χ3v) is 4.20. The molecule has 0 bridgehead atoms. The van der Waals surface area contributed by atoms with Crippen LogP contribution in [0.5, 0.6) is 11.5 Å². The van der Waals surface area contributed by atoms with Crippen molar-refractivity contribution in [2.75, 3.05) is 5.32 Å². The van der Waals surface area contributed by atoms with Crippen molar-refractivity contribution in [2.45, 2.75) is 6.54 Å². The first-order valence-corrected chi connectivity index (χ1v) is 9.13. The Hall–Kier alpha value is -3.89. The Labute approximate surface area is 172 Å². The second kappa shape index (κ2) is 8.42. The van der Waals surface area contributed by atoms with Crippen LogP contribution in [0.25, 0.3) is 5.69 Å². The summed E-state index contributed by atoms with van der Waals surface area (Å²) >= 11 is 5.91. The lowest BCUT2D eigenvalue weighted by atomic mass is 10.3. The van der Waals surface area contributed by atoms with Crippen LogP contribution in [0, 0.1) is 11.3 Å². The highest BCUT2D eigenvalue weighted by Gasteiger charge is 2.06. The van der Waals surface area contributed by atoms with Gasteiger partial charge in [0.15, 0.2) is 0 Å². The molecule has 8 heteroatoms. The molecule has 0 aliphatic rings. The molecule has 142 valence electrons. The lowest BCUT2D eigenvalue weighted by Gasteiger charge is -2.06. The second-order valence-electron chi connectivity index (χ2n) is 6.09. The van der Waals surface area contributed by atoms with Gasteiger partial charge in [-0.05, 0) is 48.5 Å². The van der Waals surface area contributed by atoms with Gasteiger partial charge in [-0.15, -0.1) is 5.10 Å². The van der Waals surface area contributed by atoms with Gasteiger partial charge >= 0.3 is 0 Å². The molecule has 4 aromatic rings. The van der Waals surface area contributed by atoms with E-state index in [9.17, 15) is 0 Å². The molecule has 0 amide bonds. The van der Waals surface area contributed by atoms with Gasteiger partial charge in [-0.1, -0.05) is 35.0 Å². The minimum Gasteiger partial charge on any atom is -0.457 e. The van der Waals surface area contributed by atoms with Crippen LogP contribution in [0.2, 0.25) is 5.15 Å². The molecule has 0 aliphatic heterocycles. The van der Waals surface area contributed by atoms with Crippen LogP contribution in [-0.2, 0) is 6.54 Å². The predicted molar refractivity (Wildman–Crippen MR) is 109 cm³/mol. The first-order chi connectivity index (χ1) is 14.2. The molecule has 0 aliphatic carbocycles. The first kappa shape index (κ1) is 18.5. The van der Waals surface area contributed by atoms with Crippen molar-refractivity contribution in [3.8, 4) is 23.3 Å². The first-order valence-electron chi connectivity index (χ1n) is 8.76. The van der Waals surface area contributed by atoms with Crippen molar-refractivity contribution in [3.05, 3.63) is 89.5 Å². The normalized spacial score (nSPS) is 10.3. The zero-order chi connectivity index (χ0) is 20.1. The Morgan fingerprint density at radius 1 is 1.03 bits per heavy atom.